The highest BCUT2D eigenvalue weighted by atomic mass is 31.2. The van der Waals surface area contributed by atoms with Crippen molar-refractivity contribution < 1.29 is 23.2 Å². The van der Waals surface area contributed by atoms with Crippen molar-refractivity contribution in [1.82, 2.24) is 9.80 Å². The zero-order valence-electron chi connectivity index (χ0n) is 22.8. The first-order valence-corrected chi connectivity index (χ1v) is 15.7. The molecule has 41 heavy (non-hydrogen) atoms. The zero-order chi connectivity index (χ0) is 28.4. The molecule has 3 aromatic carbocycles. The van der Waals surface area contributed by atoms with Gasteiger partial charge in [-0.3, -0.25) is 4.79 Å². The smallest absolute Gasteiger partial charge is 0.441 e. The second-order valence-electron chi connectivity index (χ2n) is 10.4. The summed E-state index contributed by atoms with van der Waals surface area (Å²) in [5.41, 5.74) is -0.206. The van der Waals surface area contributed by atoms with Crippen LogP contribution in [0.5, 0.6) is 0 Å². The third kappa shape index (κ3) is 4.97. The van der Waals surface area contributed by atoms with E-state index in [0.717, 1.165) is 6.42 Å². The van der Waals surface area contributed by atoms with E-state index >= 15 is 0 Å². The number of amides is 2. The average Bonchev–Trinajstić information content (AvgIpc) is 3.73. The number of carbonyl (C=O) groups excluding carboxylic acids is 2. The quantitative estimate of drug-likeness (QED) is 0.313. The van der Waals surface area contributed by atoms with E-state index < -0.39 is 19.2 Å². The third-order valence-electron chi connectivity index (χ3n) is 8.19. The number of aryl methyl sites for hydroxylation is 1. The van der Waals surface area contributed by atoms with Crippen LogP contribution in [0.2, 0.25) is 0 Å². The lowest BCUT2D eigenvalue weighted by Crippen LogP contribution is -2.45. The summed E-state index contributed by atoms with van der Waals surface area (Å²) in [7, 11) is -2.36. The lowest BCUT2D eigenvalue weighted by molar-refractivity contribution is -0.129. The van der Waals surface area contributed by atoms with Crippen molar-refractivity contribution in [3.05, 3.63) is 113 Å². The van der Waals surface area contributed by atoms with Crippen molar-refractivity contribution in [3.63, 3.8) is 0 Å². The molecule has 6 rings (SSSR count). The van der Waals surface area contributed by atoms with Crippen LogP contribution in [0.4, 0.5) is 4.79 Å². The summed E-state index contributed by atoms with van der Waals surface area (Å²) in [4.78, 5) is 42.2. The Morgan fingerprint density at radius 2 is 1.39 bits per heavy atom. The highest BCUT2D eigenvalue weighted by Crippen LogP contribution is 2.62. The lowest BCUT2D eigenvalue weighted by Gasteiger charge is -2.32. The molecule has 3 heterocycles. The van der Waals surface area contributed by atoms with Gasteiger partial charge in [0.1, 0.15) is 23.2 Å². The molecule has 8 nitrogen and oxygen atoms in total. The molecular weight excluding hydrogens is 539 g/mol. The van der Waals surface area contributed by atoms with Gasteiger partial charge in [0.15, 0.2) is 23.8 Å². The summed E-state index contributed by atoms with van der Waals surface area (Å²) in [5, 5.41) is 3.57. The third-order valence-corrected chi connectivity index (χ3v) is 12.9. The van der Waals surface area contributed by atoms with Crippen LogP contribution in [0.15, 0.2) is 105 Å². The summed E-state index contributed by atoms with van der Waals surface area (Å²) >= 11 is 0. The molecular formula is C32H32N2O6P+. The number of hydrogen-bond donors (Lipinski definition) is 0. The number of rotatable bonds is 7. The van der Waals surface area contributed by atoms with Crippen molar-refractivity contribution in [2.75, 3.05) is 19.6 Å². The van der Waals surface area contributed by atoms with Gasteiger partial charge in [-0.15, -0.1) is 0 Å². The number of benzene rings is 3. The molecule has 4 aromatic rings. The predicted octanol–water partition coefficient (Wildman–Crippen LogP) is 3.85. The fourth-order valence-corrected chi connectivity index (χ4v) is 11.2. The van der Waals surface area contributed by atoms with Crippen LogP contribution in [0, 0.1) is 6.92 Å². The fourth-order valence-electron chi connectivity index (χ4n) is 6.27. The zero-order valence-corrected chi connectivity index (χ0v) is 23.7. The Hall–Kier alpha value is -4.16. The molecule has 2 atom stereocenters. The van der Waals surface area contributed by atoms with E-state index in [0.29, 0.717) is 26.1 Å². The van der Waals surface area contributed by atoms with E-state index in [-0.39, 0.29) is 35.7 Å². The van der Waals surface area contributed by atoms with E-state index in [4.69, 9.17) is 13.6 Å². The van der Waals surface area contributed by atoms with Gasteiger partial charge in [-0.2, -0.15) is 0 Å². The van der Waals surface area contributed by atoms with Crippen LogP contribution in [-0.2, 0) is 16.1 Å². The van der Waals surface area contributed by atoms with Crippen LogP contribution in [-0.4, -0.2) is 53.1 Å². The Kier molecular flexibility index (Phi) is 7.50. The standard InChI is InChI=1S/C32H32N2O6P/c1-23-28(40-32(37)39-23)22-38-31(36)33-19-17-24(21-33)34-20-18-29(30(34)35)41(25-11-5-2-6-12-25,26-13-7-3-8-14-26)27-15-9-4-10-16-27/h2-16,24,29H,17-22H2,1H3/q+1/t24-,29-/m1/s1. The molecule has 210 valence electrons. The molecule has 9 heteroatoms. The van der Waals surface area contributed by atoms with Crippen molar-refractivity contribution in [2.24, 2.45) is 0 Å². The van der Waals surface area contributed by atoms with Gasteiger partial charge in [-0.05, 0) is 49.7 Å². The van der Waals surface area contributed by atoms with Gasteiger partial charge >= 0.3 is 11.9 Å². The molecule has 2 aliphatic heterocycles. The average molecular weight is 572 g/mol. The summed E-state index contributed by atoms with van der Waals surface area (Å²) in [6.07, 6.45) is 0.921. The van der Waals surface area contributed by atoms with Gasteiger partial charge in [-0.25, -0.2) is 9.59 Å². The molecule has 0 aliphatic carbocycles. The van der Waals surface area contributed by atoms with E-state index in [2.05, 4.69) is 72.8 Å². The molecule has 0 spiro atoms. The van der Waals surface area contributed by atoms with Crippen molar-refractivity contribution in [2.45, 2.75) is 38.1 Å². The number of hydrogen-bond acceptors (Lipinski definition) is 6. The van der Waals surface area contributed by atoms with E-state index in [9.17, 15) is 14.4 Å². The maximum absolute atomic E-state index is 14.5. The van der Waals surface area contributed by atoms with Crippen LogP contribution < -0.4 is 21.7 Å². The fraction of sp³-hybridized carbons (Fsp3) is 0.281. The Morgan fingerprint density at radius 3 is 1.90 bits per heavy atom. The van der Waals surface area contributed by atoms with Gasteiger partial charge in [0.2, 0.25) is 0 Å². The maximum Gasteiger partial charge on any atom is 0.519 e. The Morgan fingerprint density at radius 1 is 0.829 bits per heavy atom. The molecule has 0 bridgehead atoms. The number of carbonyl (C=O) groups is 2. The van der Waals surface area contributed by atoms with E-state index in [1.807, 2.05) is 23.1 Å². The first-order chi connectivity index (χ1) is 20.0. The Balaban J connectivity index is 1.26. The van der Waals surface area contributed by atoms with Crippen LogP contribution in [0.3, 0.4) is 0 Å². The molecule has 0 saturated carbocycles. The minimum atomic E-state index is -2.36. The van der Waals surface area contributed by atoms with Crippen LogP contribution in [0.1, 0.15) is 24.4 Å². The minimum Gasteiger partial charge on any atom is -0.441 e. The molecule has 2 fully saturated rings. The monoisotopic (exact) mass is 571 g/mol. The summed E-state index contributed by atoms with van der Waals surface area (Å²) < 4.78 is 15.2. The van der Waals surface area contributed by atoms with Crippen molar-refractivity contribution in [3.8, 4) is 0 Å². The van der Waals surface area contributed by atoms with Gasteiger partial charge in [0.05, 0.1) is 6.04 Å². The van der Waals surface area contributed by atoms with Crippen molar-refractivity contribution in [1.29, 1.82) is 0 Å². The molecule has 0 unspecified atom stereocenters. The highest BCUT2D eigenvalue weighted by molar-refractivity contribution is 7.96. The van der Waals surface area contributed by atoms with Crippen LogP contribution >= 0.6 is 7.26 Å². The number of ether oxygens (including phenoxy) is 1. The Bertz CT molecular complexity index is 1470. The van der Waals surface area contributed by atoms with Gasteiger partial charge in [0, 0.05) is 26.1 Å². The van der Waals surface area contributed by atoms with Crippen LogP contribution in [0.25, 0.3) is 0 Å². The molecule has 2 aliphatic rings. The molecule has 2 amide bonds. The lowest BCUT2D eigenvalue weighted by atomic mass is 10.2. The molecule has 1 aromatic heterocycles. The first kappa shape index (κ1) is 27.0. The van der Waals surface area contributed by atoms with E-state index in [1.165, 1.54) is 15.9 Å². The molecule has 0 N–H and O–H groups in total. The SMILES string of the molecule is Cc1oc(=O)oc1COC(=O)N1CC[C@@H](N2CC[C@@H]([P+](c3ccccc3)(c3ccccc3)c3ccccc3)C2=O)C1. The summed E-state index contributed by atoms with van der Waals surface area (Å²) in [6.45, 7) is 2.94. The number of likely N-dealkylation sites (tertiary alicyclic amines) is 2. The molecule has 2 saturated heterocycles. The van der Waals surface area contributed by atoms with Gasteiger partial charge < -0.3 is 23.4 Å². The summed E-state index contributed by atoms with van der Waals surface area (Å²) in [6, 6.07) is 31.3. The highest BCUT2D eigenvalue weighted by Gasteiger charge is 2.59. The van der Waals surface area contributed by atoms with Crippen molar-refractivity contribution >= 4 is 35.2 Å². The normalized spacial score (nSPS) is 19.1. The largest absolute Gasteiger partial charge is 0.519 e. The second-order valence-corrected chi connectivity index (χ2v) is 14.1. The van der Waals surface area contributed by atoms with E-state index in [1.54, 1.807) is 11.8 Å². The predicted molar refractivity (Wildman–Crippen MR) is 157 cm³/mol. The molecule has 0 radical (unpaired) electrons. The minimum absolute atomic E-state index is 0.0853. The maximum atomic E-state index is 14.5. The van der Waals surface area contributed by atoms with Gasteiger partial charge in [0.25, 0.3) is 5.91 Å². The summed E-state index contributed by atoms with van der Waals surface area (Å²) in [5.74, 6) is -0.194. The second kappa shape index (κ2) is 11.4. The topological polar surface area (TPSA) is 93.2 Å². The van der Waals surface area contributed by atoms with Gasteiger partial charge in [-0.1, -0.05) is 54.6 Å². The number of nitrogens with zero attached hydrogens (tertiary/aromatic N) is 2. The first-order valence-electron chi connectivity index (χ1n) is 13.9. The Labute approximate surface area is 238 Å².